The minimum Gasteiger partial charge on any atom is -1.00 e. The van der Waals surface area contributed by atoms with E-state index in [1.165, 1.54) is 14.2 Å². The molecule has 0 aliphatic heterocycles. The molecule has 95 heavy (non-hydrogen) atoms. The molecule has 18 nitrogen and oxygen atoms in total. The van der Waals surface area contributed by atoms with Crippen molar-refractivity contribution in [2.24, 2.45) is 0 Å². The van der Waals surface area contributed by atoms with E-state index in [0.29, 0.717) is 38.4 Å². The normalized spacial score (nSPS) is 10.0. The molecule has 13 rings (SSSR count). The first kappa shape index (κ1) is 79.2. The van der Waals surface area contributed by atoms with Gasteiger partial charge >= 0.3 is 36.8 Å². The van der Waals surface area contributed by atoms with Gasteiger partial charge in [-0.25, -0.2) is 29.3 Å². The van der Waals surface area contributed by atoms with Gasteiger partial charge in [0.05, 0.1) is 86.4 Å². The molecule has 0 saturated carbocycles. The number of imidazole rings is 4. The van der Waals surface area contributed by atoms with Crippen molar-refractivity contribution in [3.63, 3.8) is 0 Å². The number of nitrogens with one attached hydrogen (secondary N) is 6. The van der Waals surface area contributed by atoms with Gasteiger partial charge in [0.15, 0.2) is 20.2 Å². The maximum Gasteiger partial charge on any atom is 1.00 e. The van der Waals surface area contributed by atoms with E-state index >= 15 is 0 Å². The van der Waals surface area contributed by atoms with E-state index in [1.807, 2.05) is 170 Å². The van der Waals surface area contributed by atoms with Crippen LogP contribution in [0.15, 0.2) is 234 Å². The number of anilines is 2. The third-order valence-corrected chi connectivity index (χ3v) is 16.9. The zero-order valence-electron chi connectivity index (χ0n) is 50.6. The number of nitrogen functional groups attached to an aromatic ring is 1. The molecule has 0 aliphatic rings. The standard InChI is InChI=1S/C21H18N4OS.C16H14N2O2S.C15H12N2O2S.C9H9BrO2.C7H6N2S.CH4.2BrH.Li.H2O/c22-16-5-1-2-6-17(16)23-20(26)15-11-9-14(10-12-15)13-27-21-24-18-7-3-4-8-19(18)25-21;1-20-15(19)12-8-6-11(7-9-12)10-21-16-17-13-4-2-3-5-14(13)18-16;18-14(19)11-7-5-10(6-8-11)9-20-15-16-12-3-1-2-4-13(12)17-15;1-12-9(11)8-4-2-7(6-10)3-5-8;10-7-8-5-3-1-2-4-6(5)9-7;;;;;/h1-12H,13,22H2,(H,23,26)(H,24,25);2-9H,10H2,1H3,(H,17,18);1-8H,9H2,(H,16,17)(H,18,19);2-5H,6H2,1H3;1-4H,(H2,8,9,10);1H4;2*1H;;1H2/q;;;;;;;;+1;/p-3. The summed E-state index contributed by atoms with van der Waals surface area (Å²) >= 11 is 13.1. The summed E-state index contributed by atoms with van der Waals surface area (Å²) in [7, 11) is 2.76. The van der Waals surface area contributed by atoms with Crippen LogP contribution in [0.25, 0.3) is 44.1 Å². The number of aromatic carboxylic acids is 1. The van der Waals surface area contributed by atoms with Crippen LogP contribution in [0.1, 0.15) is 71.1 Å². The summed E-state index contributed by atoms with van der Waals surface area (Å²) in [5, 5.41) is 15.1. The number of carbonyl (C=O) groups is 4. The van der Waals surface area contributed by atoms with Crippen LogP contribution < -0.4 is 63.9 Å². The average molecular weight is 1540 g/mol. The fraction of sp³-hybridized carbons (Fsp3) is 0.101. The van der Waals surface area contributed by atoms with Crippen LogP contribution in [-0.4, -0.2) is 88.5 Å². The van der Waals surface area contributed by atoms with Crippen molar-refractivity contribution in [3.05, 3.63) is 268 Å². The van der Waals surface area contributed by atoms with E-state index in [0.717, 1.165) is 104 Å². The number of fused-ring (bicyclic) bond motifs is 4. The van der Waals surface area contributed by atoms with Crippen LogP contribution in [0.5, 0.6) is 0 Å². The van der Waals surface area contributed by atoms with Crippen LogP contribution in [0.3, 0.4) is 0 Å². The summed E-state index contributed by atoms with van der Waals surface area (Å²) in [5.74, 6) is 0.627. The second-order valence-electron chi connectivity index (χ2n) is 19.4. The van der Waals surface area contributed by atoms with Crippen molar-refractivity contribution in [1.82, 2.24) is 39.9 Å². The number of esters is 2. The molecule has 0 unspecified atom stereocenters. The number of benzene rings is 9. The molecular weight excluding hydrogens is 1470 g/mol. The molecule has 0 fully saturated rings. The molecular formula is C69H64Br3LiN10O8S4-2. The molecule has 1 amide bonds. The van der Waals surface area contributed by atoms with Gasteiger partial charge in [-0.2, -0.15) is 0 Å². The number of H-pyrrole nitrogens is 5. The molecule has 0 radical (unpaired) electrons. The number of amides is 1. The number of hydrogen-bond acceptors (Lipinski definition) is 15. The van der Waals surface area contributed by atoms with Gasteiger partial charge < -0.3 is 90.0 Å². The number of methoxy groups -OCH3 is 2. The summed E-state index contributed by atoms with van der Waals surface area (Å²) < 4.78 is 9.92. The second-order valence-corrected chi connectivity index (χ2v) is 23.3. The fourth-order valence-electron chi connectivity index (χ4n) is 8.43. The number of alkyl halides is 1. The van der Waals surface area contributed by atoms with Crippen LogP contribution in [-0.2, 0) is 32.1 Å². The number of carboxylic acids is 1. The molecule has 0 aliphatic carbocycles. The van der Waals surface area contributed by atoms with Crippen molar-refractivity contribution in [2.75, 3.05) is 25.3 Å². The average Bonchev–Trinajstić information content (AvgIpc) is 2.39. The number of aromatic amines is 5. The van der Waals surface area contributed by atoms with Gasteiger partial charge in [0.1, 0.15) is 0 Å². The second kappa shape index (κ2) is 40.3. The molecule has 9 aromatic carbocycles. The number of carboxylic acid groups (broad SMARTS) is 1. The number of halogens is 3. The Labute approximate surface area is 607 Å². The number of nitrogens with zero attached hydrogens (tertiary/aromatic N) is 3. The summed E-state index contributed by atoms with van der Waals surface area (Å²) in [6.07, 6.45) is 0. The molecule has 4 heterocycles. The Hall–Kier alpha value is -8.19. The molecule has 0 atom stereocenters. The Morgan fingerprint density at radius 2 is 0.789 bits per heavy atom. The van der Waals surface area contributed by atoms with Crippen molar-refractivity contribution in [1.29, 1.82) is 0 Å². The van der Waals surface area contributed by atoms with Crippen LogP contribution >= 0.6 is 63.4 Å². The maximum atomic E-state index is 12.4. The van der Waals surface area contributed by atoms with Crippen molar-refractivity contribution in [2.45, 2.75) is 45.5 Å². The van der Waals surface area contributed by atoms with Gasteiger partial charge in [0.2, 0.25) is 0 Å². The molecule has 4 aromatic heterocycles. The number of ether oxygens (including phenoxy) is 2. The third kappa shape index (κ3) is 23.6. The van der Waals surface area contributed by atoms with Gasteiger partial charge in [0.25, 0.3) is 5.91 Å². The Morgan fingerprint density at radius 3 is 1.13 bits per heavy atom. The monoisotopic (exact) mass is 1530 g/mol. The van der Waals surface area contributed by atoms with E-state index < -0.39 is 5.97 Å². The molecule has 486 valence electrons. The Bertz CT molecular complexity index is 4460. The van der Waals surface area contributed by atoms with Gasteiger partial charge in [-0.1, -0.05) is 168 Å². The number of para-hydroxylation sites is 10. The van der Waals surface area contributed by atoms with Gasteiger partial charge in [-0.3, -0.25) is 4.79 Å². The van der Waals surface area contributed by atoms with Gasteiger partial charge in [-0.15, -0.1) is 0 Å². The smallest absolute Gasteiger partial charge is 1.00 e. The van der Waals surface area contributed by atoms with Crippen LogP contribution in [0, 0.1) is 4.77 Å². The number of nitrogens with two attached hydrogens (primary N) is 1. The Kier molecular flexibility index (Phi) is 33.6. The fourth-order valence-corrected chi connectivity index (χ4v) is 11.5. The summed E-state index contributed by atoms with van der Waals surface area (Å²) in [4.78, 5) is 74.9. The number of thioether (sulfide) groups is 3. The van der Waals surface area contributed by atoms with E-state index in [9.17, 15) is 19.2 Å². The number of carbonyl (C=O) groups excluding carboxylic acids is 3. The van der Waals surface area contributed by atoms with E-state index in [-0.39, 0.29) is 83.6 Å². The first-order valence-corrected chi connectivity index (χ1v) is 32.2. The summed E-state index contributed by atoms with van der Waals surface area (Å²) in [6, 6.07) is 68.1. The van der Waals surface area contributed by atoms with Crippen LogP contribution in [0.2, 0.25) is 0 Å². The predicted octanol–water partition coefficient (Wildman–Crippen LogP) is 7.95. The van der Waals surface area contributed by atoms with E-state index in [4.69, 9.17) is 23.1 Å². The minimum absolute atomic E-state index is 0. The molecule has 10 N–H and O–H groups in total. The molecule has 0 spiro atoms. The molecule has 26 heteroatoms. The Morgan fingerprint density at radius 1 is 0.474 bits per heavy atom. The maximum absolute atomic E-state index is 12.4. The van der Waals surface area contributed by atoms with Gasteiger partial charge in [0, 0.05) is 28.2 Å². The van der Waals surface area contributed by atoms with Crippen molar-refractivity contribution < 1.29 is 92.1 Å². The minimum atomic E-state index is -0.901. The largest absolute Gasteiger partial charge is 1.00 e. The SMILES string of the molecule is C.COC(=O)c1ccc(CBr)cc1.COC(=O)c1ccc(CSc2nc3ccccc3[nH]2)cc1.Nc1ccccc1NC(=O)c1ccc(CSc2nc3ccccc3[nH]2)cc1.O=C(O)c1ccc(CSc2nc3ccccc3[nH]2)cc1.S=c1[nH]c2ccccc2[nH]1.[Br-].[Br-].[Li+].[OH-]. The van der Waals surface area contributed by atoms with Crippen molar-refractivity contribution in [3.8, 4) is 0 Å². The van der Waals surface area contributed by atoms with Crippen molar-refractivity contribution >= 4 is 143 Å². The topological polar surface area (TPSA) is 293 Å². The zero-order valence-corrected chi connectivity index (χ0v) is 58.7. The van der Waals surface area contributed by atoms with E-state index in [1.54, 1.807) is 83.8 Å². The molecule has 0 saturated heterocycles. The number of aromatic nitrogens is 8. The zero-order chi connectivity index (χ0) is 63.2. The quantitative estimate of drug-likeness (QED) is 0.0121. The first-order valence-electron chi connectivity index (χ1n) is 27.7. The summed E-state index contributed by atoms with van der Waals surface area (Å²) in [6.45, 7) is 0. The Balaban J connectivity index is 0.000000259. The summed E-state index contributed by atoms with van der Waals surface area (Å²) in [5.41, 5.74) is 21.7. The molecule has 0 bridgehead atoms. The van der Waals surface area contributed by atoms with E-state index in [2.05, 4.69) is 70.6 Å². The number of hydrogen-bond donors (Lipinski definition) is 8. The van der Waals surface area contributed by atoms with Gasteiger partial charge in [-0.05, 0) is 144 Å². The predicted molar refractivity (Wildman–Crippen MR) is 376 cm³/mol. The van der Waals surface area contributed by atoms with Crippen LogP contribution in [0.4, 0.5) is 11.4 Å². The number of rotatable bonds is 15. The molecule has 13 aromatic rings. The first-order chi connectivity index (χ1) is 43.8. The third-order valence-electron chi connectivity index (χ3n) is 13.2.